The summed E-state index contributed by atoms with van der Waals surface area (Å²) in [5, 5.41) is 2.08. The molecule has 1 atom stereocenters. The largest absolute Gasteiger partial charge is 0.466 e. The number of alkyl carbamates (subject to hydrolysis) is 1. The highest BCUT2D eigenvalue weighted by molar-refractivity contribution is 5.98. The van der Waals surface area contributed by atoms with Crippen LogP contribution in [0.25, 0.3) is 0 Å². The number of hydrogen-bond acceptors (Lipinski definition) is 5. The fraction of sp³-hybridized carbons (Fsp3) is 0.353. The molecule has 0 fully saturated rings. The van der Waals surface area contributed by atoms with Crippen LogP contribution in [0.1, 0.15) is 25.8 Å². The van der Waals surface area contributed by atoms with E-state index >= 15 is 0 Å². The third-order valence-electron chi connectivity index (χ3n) is 2.89. The molecular weight excluding hydrogens is 298 g/mol. The van der Waals surface area contributed by atoms with E-state index in [4.69, 9.17) is 9.47 Å². The van der Waals surface area contributed by atoms with Gasteiger partial charge in [0, 0.05) is 0 Å². The first kappa shape index (κ1) is 18.4. The van der Waals surface area contributed by atoms with Gasteiger partial charge < -0.3 is 9.47 Å². The Morgan fingerprint density at radius 1 is 1.17 bits per heavy atom. The van der Waals surface area contributed by atoms with Gasteiger partial charge in [-0.1, -0.05) is 43.3 Å². The van der Waals surface area contributed by atoms with Gasteiger partial charge in [-0.15, -0.1) is 0 Å². The lowest BCUT2D eigenvalue weighted by molar-refractivity contribution is -0.147. The molecule has 0 radical (unpaired) electrons. The average Bonchev–Trinajstić information content (AvgIpc) is 2.54. The zero-order valence-corrected chi connectivity index (χ0v) is 13.3. The number of carbonyl (C=O) groups is 3. The number of ether oxygens (including phenoxy) is 2. The molecule has 0 heterocycles. The lowest BCUT2D eigenvalue weighted by atomic mass is 10.1. The highest BCUT2D eigenvalue weighted by Crippen LogP contribution is 2.05. The topological polar surface area (TPSA) is 81.7 Å². The van der Waals surface area contributed by atoms with E-state index < -0.39 is 12.0 Å². The molecule has 2 amide bonds. The molecule has 1 N–H and O–H groups in total. The molecular formula is C17H21NO5. The highest BCUT2D eigenvalue weighted by Gasteiger charge is 2.12. The van der Waals surface area contributed by atoms with Crippen molar-refractivity contribution in [3.05, 3.63) is 48.0 Å². The predicted molar refractivity (Wildman–Crippen MR) is 84.3 cm³/mol. The Morgan fingerprint density at radius 3 is 2.52 bits per heavy atom. The number of amides is 2. The maximum atomic E-state index is 11.5. The van der Waals surface area contributed by atoms with Gasteiger partial charge in [0.2, 0.25) is 0 Å². The Hall–Kier alpha value is -2.63. The van der Waals surface area contributed by atoms with Crippen LogP contribution in [-0.4, -0.2) is 24.6 Å². The Bertz CT molecular complexity index is 553. The molecule has 0 aliphatic rings. The van der Waals surface area contributed by atoms with Gasteiger partial charge >= 0.3 is 12.1 Å². The number of imide groups is 1. The summed E-state index contributed by atoms with van der Waals surface area (Å²) >= 11 is 0. The minimum atomic E-state index is -0.818. The van der Waals surface area contributed by atoms with E-state index in [1.165, 1.54) is 12.2 Å². The smallest absolute Gasteiger partial charge is 0.414 e. The van der Waals surface area contributed by atoms with Gasteiger partial charge in [0.25, 0.3) is 5.91 Å². The Labute approximate surface area is 135 Å². The molecule has 0 saturated carbocycles. The number of allylic oxidation sites excluding steroid dienone is 1. The second-order valence-corrected chi connectivity index (χ2v) is 4.84. The molecule has 1 aromatic rings. The van der Waals surface area contributed by atoms with Gasteiger partial charge in [0.15, 0.2) is 0 Å². The molecule has 1 rings (SSSR count). The van der Waals surface area contributed by atoms with Crippen molar-refractivity contribution in [2.45, 2.75) is 26.9 Å². The summed E-state index contributed by atoms with van der Waals surface area (Å²) in [5.41, 5.74) is 0.828. The van der Waals surface area contributed by atoms with E-state index in [9.17, 15) is 14.4 Å². The summed E-state index contributed by atoms with van der Waals surface area (Å²) in [6.45, 7) is 3.84. The zero-order valence-electron chi connectivity index (χ0n) is 13.3. The van der Waals surface area contributed by atoms with E-state index in [1.54, 1.807) is 13.8 Å². The van der Waals surface area contributed by atoms with E-state index in [2.05, 4.69) is 5.32 Å². The fourth-order valence-corrected chi connectivity index (χ4v) is 1.66. The SMILES string of the molecule is CCOC(=O)C(C)C/C=C/C(=O)NC(=O)OCc1ccccc1. The van der Waals surface area contributed by atoms with Gasteiger partial charge in [-0.3, -0.25) is 14.9 Å². The molecule has 1 unspecified atom stereocenters. The molecule has 0 spiro atoms. The van der Waals surface area contributed by atoms with Gasteiger partial charge in [-0.2, -0.15) is 0 Å². The maximum Gasteiger partial charge on any atom is 0.414 e. The van der Waals surface area contributed by atoms with Crippen LogP contribution in [0.3, 0.4) is 0 Å². The summed E-state index contributed by atoms with van der Waals surface area (Å²) in [4.78, 5) is 34.4. The number of rotatable bonds is 7. The number of hydrogen-bond donors (Lipinski definition) is 1. The van der Waals surface area contributed by atoms with E-state index in [0.717, 1.165) is 5.56 Å². The Kier molecular flexibility index (Phi) is 8.13. The highest BCUT2D eigenvalue weighted by atomic mass is 16.5. The Morgan fingerprint density at radius 2 is 1.87 bits per heavy atom. The maximum absolute atomic E-state index is 11.5. The Balaban J connectivity index is 2.28. The van der Waals surface area contributed by atoms with Crippen LogP contribution in [0.5, 0.6) is 0 Å². The molecule has 6 heteroatoms. The van der Waals surface area contributed by atoms with E-state index in [1.807, 2.05) is 30.3 Å². The van der Waals surface area contributed by atoms with Crippen molar-refractivity contribution in [1.29, 1.82) is 0 Å². The predicted octanol–water partition coefficient (Wildman–Crippen LogP) is 2.58. The monoisotopic (exact) mass is 319 g/mol. The second kappa shape index (κ2) is 10.2. The zero-order chi connectivity index (χ0) is 17.1. The van der Waals surface area contributed by atoms with Crippen LogP contribution in [-0.2, 0) is 25.7 Å². The van der Waals surface area contributed by atoms with Crippen LogP contribution < -0.4 is 5.32 Å². The van der Waals surface area contributed by atoms with E-state index in [-0.39, 0.29) is 18.5 Å². The third kappa shape index (κ3) is 7.80. The summed E-state index contributed by atoms with van der Waals surface area (Å²) < 4.78 is 9.77. The van der Waals surface area contributed by atoms with Crippen LogP contribution >= 0.6 is 0 Å². The first-order valence-corrected chi connectivity index (χ1v) is 7.37. The first-order chi connectivity index (χ1) is 11.0. The van der Waals surface area contributed by atoms with Crippen molar-refractivity contribution >= 4 is 18.0 Å². The van der Waals surface area contributed by atoms with Crippen molar-refractivity contribution in [2.24, 2.45) is 5.92 Å². The van der Waals surface area contributed by atoms with Crippen LogP contribution in [0.2, 0.25) is 0 Å². The first-order valence-electron chi connectivity index (χ1n) is 7.37. The van der Waals surface area contributed by atoms with Gasteiger partial charge in [0.1, 0.15) is 6.61 Å². The molecule has 6 nitrogen and oxygen atoms in total. The van der Waals surface area contributed by atoms with Crippen molar-refractivity contribution in [3.63, 3.8) is 0 Å². The summed E-state index contributed by atoms with van der Waals surface area (Å²) in [5.74, 6) is -1.26. The second-order valence-electron chi connectivity index (χ2n) is 4.84. The van der Waals surface area contributed by atoms with Gasteiger partial charge in [-0.05, 0) is 25.0 Å². The van der Waals surface area contributed by atoms with Crippen LogP contribution in [0.15, 0.2) is 42.5 Å². The third-order valence-corrected chi connectivity index (χ3v) is 2.89. The van der Waals surface area contributed by atoms with Crippen molar-refractivity contribution in [2.75, 3.05) is 6.61 Å². The standard InChI is InChI=1S/C17H21NO5/c1-3-22-16(20)13(2)8-7-11-15(19)18-17(21)23-12-14-9-5-4-6-10-14/h4-7,9-11,13H,3,8,12H2,1-2H3,(H,18,19,21)/b11-7+. The number of carbonyl (C=O) groups excluding carboxylic acids is 3. The minimum absolute atomic E-state index is 0.0869. The molecule has 0 aliphatic heterocycles. The lowest BCUT2D eigenvalue weighted by Gasteiger charge is -2.07. The minimum Gasteiger partial charge on any atom is -0.466 e. The molecule has 0 bridgehead atoms. The molecule has 0 saturated heterocycles. The van der Waals surface area contributed by atoms with Crippen LogP contribution in [0.4, 0.5) is 4.79 Å². The van der Waals surface area contributed by atoms with Crippen molar-refractivity contribution in [3.8, 4) is 0 Å². The number of nitrogens with one attached hydrogen (secondary N) is 1. The molecule has 1 aromatic carbocycles. The molecule has 124 valence electrons. The van der Waals surface area contributed by atoms with Crippen LogP contribution in [0, 0.1) is 5.92 Å². The summed E-state index contributed by atoms with van der Waals surface area (Å²) in [6.07, 6.45) is 2.24. The quantitative estimate of drug-likeness (QED) is 0.617. The molecule has 0 aliphatic carbocycles. The lowest BCUT2D eigenvalue weighted by Crippen LogP contribution is -2.29. The fourth-order valence-electron chi connectivity index (χ4n) is 1.66. The van der Waals surface area contributed by atoms with Crippen molar-refractivity contribution < 1.29 is 23.9 Å². The average molecular weight is 319 g/mol. The van der Waals surface area contributed by atoms with Crippen molar-refractivity contribution in [1.82, 2.24) is 5.32 Å². The number of benzene rings is 1. The summed E-state index contributed by atoms with van der Waals surface area (Å²) in [7, 11) is 0. The number of esters is 1. The van der Waals surface area contributed by atoms with Gasteiger partial charge in [-0.25, -0.2) is 4.79 Å². The van der Waals surface area contributed by atoms with Gasteiger partial charge in [0.05, 0.1) is 12.5 Å². The van der Waals surface area contributed by atoms with E-state index in [0.29, 0.717) is 13.0 Å². The molecule has 23 heavy (non-hydrogen) atoms. The summed E-state index contributed by atoms with van der Waals surface area (Å²) in [6, 6.07) is 9.14. The normalized spacial score (nSPS) is 11.7. The molecule has 0 aromatic heterocycles.